The maximum Gasteiger partial charge on any atom is 0.237 e. The minimum absolute atomic E-state index is 0.117. The molecule has 2 aromatic carbocycles. The van der Waals surface area contributed by atoms with E-state index in [-0.39, 0.29) is 12.5 Å². The second-order valence-electron chi connectivity index (χ2n) is 7.40. The highest BCUT2D eigenvalue weighted by Gasteiger charge is 2.20. The maximum absolute atomic E-state index is 12.7. The van der Waals surface area contributed by atoms with Crippen LogP contribution in [0.1, 0.15) is 35.0 Å². The Hall–Kier alpha value is -3.00. The summed E-state index contributed by atoms with van der Waals surface area (Å²) < 4.78 is 7.18. The van der Waals surface area contributed by atoms with Crippen LogP contribution in [0.15, 0.2) is 41.6 Å². The van der Waals surface area contributed by atoms with Crippen molar-refractivity contribution in [1.29, 1.82) is 0 Å². The van der Waals surface area contributed by atoms with Gasteiger partial charge in [0.25, 0.3) is 0 Å². The normalized spacial score (nSPS) is 11.9. The van der Waals surface area contributed by atoms with Gasteiger partial charge in [0.15, 0.2) is 5.82 Å². The van der Waals surface area contributed by atoms with E-state index in [9.17, 15) is 4.79 Å². The number of aryl methyl sites for hydroxylation is 4. The van der Waals surface area contributed by atoms with E-state index in [4.69, 9.17) is 10.6 Å². The number of carbonyl (C=O) groups excluding carboxylic acids is 1. The molecule has 0 aliphatic heterocycles. The Morgan fingerprint density at radius 1 is 1.13 bits per heavy atom. The molecule has 0 fully saturated rings. The smallest absolute Gasteiger partial charge is 0.237 e. The average Bonchev–Trinajstić information content (AvgIpc) is 3.02. The number of nitrogens with two attached hydrogens (primary N) is 1. The van der Waals surface area contributed by atoms with Crippen LogP contribution in [0.3, 0.4) is 0 Å². The fourth-order valence-corrected chi connectivity index (χ4v) is 3.89. The van der Waals surface area contributed by atoms with E-state index in [1.54, 1.807) is 0 Å². The second kappa shape index (κ2) is 9.21. The zero-order valence-corrected chi connectivity index (χ0v) is 18.7. The minimum atomic E-state index is -0.399. The predicted molar refractivity (Wildman–Crippen MR) is 120 cm³/mol. The zero-order valence-electron chi connectivity index (χ0n) is 17.9. The number of nitrogens with zero attached hydrogens (tertiary/aromatic N) is 3. The van der Waals surface area contributed by atoms with E-state index in [1.165, 1.54) is 16.4 Å². The lowest BCUT2D eigenvalue weighted by Crippen LogP contribution is -2.24. The number of amides is 1. The summed E-state index contributed by atoms with van der Waals surface area (Å²) in [6.45, 7) is 9.98. The Morgan fingerprint density at radius 2 is 1.77 bits per heavy atom. The number of carbonyl (C=O) groups is 1. The molecule has 0 saturated heterocycles. The van der Waals surface area contributed by atoms with Crippen molar-refractivity contribution < 1.29 is 9.53 Å². The molecule has 0 saturated carbocycles. The van der Waals surface area contributed by atoms with Crippen molar-refractivity contribution >= 4 is 23.4 Å². The third-order valence-electron chi connectivity index (χ3n) is 4.68. The van der Waals surface area contributed by atoms with Gasteiger partial charge in [-0.1, -0.05) is 36.0 Å². The minimum Gasteiger partial charge on any atom is -0.486 e. The number of para-hydroxylation sites is 1. The Kier molecular flexibility index (Phi) is 6.66. The van der Waals surface area contributed by atoms with Crippen molar-refractivity contribution in [2.45, 2.75) is 51.6 Å². The molecule has 158 valence electrons. The fourth-order valence-electron chi connectivity index (χ4n) is 3.10. The van der Waals surface area contributed by atoms with E-state index < -0.39 is 5.25 Å². The quantitative estimate of drug-likeness (QED) is 0.440. The van der Waals surface area contributed by atoms with E-state index in [0.29, 0.717) is 11.0 Å². The summed E-state index contributed by atoms with van der Waals surface area (Å²) in [6, 6.07) is 11.9. The van der Waals surface area contributed by atoms with Gasteiger partial charge in [-0.2, -0.15) is 0 Å². The molecule has 3 aromatic rings. The molecule has 3 rings (SSSR count). The SMILES string of the molecule is Cc1cc(C)cc(OCc2nnc(S[C@@H](C)C(=O)Nc3c(C)cccc3C)n2N)c1. The first-order chi connectivity index (χ1) is 14.2. The predicted octanol–water partition coefficient (Wildman–Crippen LogP) is 3.92. The first-order valence-electron chi connectivity index (χ1n) is 9.69. The van der Waals surface area contributed by atoms with Crippen LogP contribution >= 0.6 is 11.8 Å². The van der Waals surface area contributed by atoms with Gasteiger partial charge < -0.3 is 15.9 Å². The van der Waals surface area contributed by atoms with Crippen LogP contribution in [0.4, 0.5) is 5.69 Å². The Labute approximate surface area is 181 Å². The number of anilines is 1. The number of ether oxygens (including phenoxy) is 1. The van der Waals surface area contributed by atoms with Gasteiger partial charge in [0.1, 0.15) is 12.4 Å². The number of rotatable bonds is 7. The zero-order chi connectivity index (χ0) is 21.8. The van der Waals surface area contributed by atoms with Crippen molar-refractivity contribution in [3.05, 3.63) is 64.5 Å². The van der Waals surface area contributed by atoms with Crippen molar-refractivity contribution in [2.75, 3.05) is 11.2 Å². The number of hydrogen-bond acceptors (Lipinski definition) is 6. The molecule has 1 amide bonds. The van der Waals surface area contributed by atoms with Crippen molar-refractivity contribution in [2.24, 2.45) is 0 Å². The largest absolute Gasteiger partial charge is 0.486 e. The molecule has 1 aromatic heterocycles. The van der Waals surface area contributed by atoms with Gasteiger partial charge in [0.2, 0.25) is 11.1 Å². The molecule has 0 spiro atoms. The van der Waals surface area contributed by atoms with E-state index in [1.807, 2.05) is 65.0 Å². The van der Waals surface area contributed by atoms with Crippen LogP contribution in [-0.2, 0) is 11.4 Å². The Bertz CT molecular complexity index is 1020. The van der Waals surface area contributed by atoms with Crippen LogP contribution in [0.2, 0.25) is 0 Å². The van der Waals surface area contributed by atoms with Gasteiger partial charge >= 0.3 is 0 Å². The number of nitrogen functional groups attached to an aromatic ring is 1. The number of aromatic nitrogens is 3. The molecule has 7 nitrogen and oxygen atoms in total. The molecule has 8 heteroatoms. The average molecular weight is 426 g/mol. The number of nitrogens with one attached hydrogen (secondary N) is 1. The Balaban J connectivity index is 1.63. The van der Waals surface area contributed by atoms with Gasteiger partial charge in [0, 0.05) is 5.69 Å². The summed E-state index contributed by atoms with van der Waals surface area (Å²) in [5.41, 5.74) is 5.13. The van der Waals surface area contributed by atoms with Gasteiger partial charge in [-0.15, -0.1) is 10.2 Å². The van der Waals surface area contributed by atoms with Crippen molar-refractivity contribution in [3.8, 4) is 5.75 Å². The van der Waals surface area contributed by atoms with Gasteiger partial charge in [-0.3, -0.25) is 4.79 Å². The van der Waals surface area contributed by atoms with Crippen LogP contribution in [0, 0.1) is 27.7 Å². The molecule has 0 unspecified atom stereocenters. The van der Waals surface area contributed by atoms with Crippen LogP contribution < -0.4 is 15.9 Å². The van der Waals surface area contributed by atoms with Crippen LogP contribution in [0.25, 0.3) is 0 Å². The lowest BCUT2D eigenvalue weighted by atomic mass is 10.1. The lowest BCUT2D eigenvalue weighted by molar-refractivity contribution is -0.115. The third-order valence-corrected chi connectivity index (χ3v) is 5.74. The molecule has 0 radical (unpaired) electrons. The van der Waals surface area contributed by atoms with E-state index >= 15 is 0 Å². The van der Waals surface area contributed by atoms with Gasteiger partial charge in [-0.25, -0.2) is 4.68 Å². The molecule has 30 heavy (non-hydrogen) atoms. The Morgan fingerprint density at radius 3 is 2.40 bits per heavy atom. The summed E-state index contributed by atoms with van der Waals surface area (Å²) in [5, 5.41) is 11.3. The summed E-state index contributed by atoms with van der Waals surface area (Å²) in [7, 11) is 0. The number of thioether (sulfide) groups is 1. The van der Waals surface area contributed by atoms with Crippen molar-refractivity contribution in [1.82, 2.24) is 14.9 Å². The first kappa shape index (κ1) is 21.7. The molecular formula is C22H27N5O2S. The van der Waals surface area contributed by atoms with E-state index in [0.717, 1.165) is 33.7 Å². The lowest BCUT2D eigenvalue weighted by Gasteiger charge is -2.15. The van der Waals surface area contributed by atoms with Crippen LogP contribution in [-0.4, -0.2) is 26.0 Å². The number of benzene rings is 2. The molecule has 0 bridgehead atoms. The molecule has 0 aliphatic rings. The van der Waals surface area contributed by atoms with Gasteiger partial charge in [-0.05, 0) is 69.0 Å². The summed E-state index contributed by atoms with van der Waals surface area (Å²) in [6.07, 6.45) is 0. The fraction of sp³-hybridized carbons (Fsp3) is 0.318. The molecule has 1 heterocycles. The molecule has 3 N–H and O–H groups in total. The molecular weight excluding hydrogens is 398 g/mol. The molecule has 1 atom stereocenters. The monoisotopic (exact) mass is 425 g/mol. The second-order valence-corrected chi connectivity index (χ2v) is 8.70. The van der Waals surface area contributed by atoms with Gasteiger partial charge in [0.05, 0.1) is 5.25 Å². The standard InChI is InChI=1S/C22H27N5O2S/c1-13-9-14(2)11-18(10-13)29-12-19-25-26-22(27(19)23)30-17(5)21(28)24-20-15(3)7-6-8-16(20)4/h6-11,17H,12,23H2,1-5H3,(H,24,28)/t17-/m0/s1. The first-order valence-corrected chi connectivity index (χ1v) is 10.6. The summed E-state index contributed by atoms with van der Waals surface area (Å²) in [4.78, 5) is 12.7. The highest BCUT2D eigenvalue weighted by Crippen LogP contribution is 2.25. The van der Waals surface area contributed by atoms with Crippen LogP contribution in [0.5, 0.6) is 5.75 Å². The summed E-state index contributed by atoms with van der Waals surface area (Å²) in [5.74, 6) is 7.26. The van der Waals surface area contributed by atoms with Crippen molar-refractivity contribution in [3.63, 3.8) is 0 Å². The highest BCUT2D eigenvalue weighted by atomic mass is 32.2. The summed E-state index contributed by atoms with van der Waals surface area (Å²) >= 11 is 1.25. The number of hydrogen-bond donors (Lipinski definition) is 2. The molecule has 0 aliphatic carbocycles. The van der Waals surface area contributed by atoms with E-state index in [2.05, 4.69) is 21.6 Å². The highest BCUT2D eigenvalue weighted by molar-refractivity contribution is 8.00. The maximum atomic E-state index is 12.7. The third kappa shape index (κ3) is 5.13. The topological polar surface area (TPSA) is 95.1 Å².